The Morgan fingerprint density at radius 1 is 1.22 bits per heavy atom. The average Bonchev–Trinajstić information content (AvgIpc) is 3.15. The van der Waals surface area contributed by atoms with Gasteiger partial charge in [-0.15, -0.1) is 0 Å². The van der Waals surface area contributed by atoms with Gasteiger partial charge in [-0.3, -0.25) is 9.78 Å². The summed E-state index contributed by atoms with van der Waals surface area (Å²) in [7, 11) is 0. The van der Waals surface area contributed by atoms with E-state index in [0.29, 0.717) is 24.3 Å². The predicted octanol–water partition coefficient (Wildman–Crippen LogP) is 2.16. The Kier molecular flexibility index (Phi) is 4.33. The fourth-order valence-corrected chi connectivity index (χ4v) is 2.28. The highest BCUT2D eigenvalue weighted by Crippen LogP contribution is 2.27. The number of anilines is 1. The molecule has 0 amide bonds. The molecule has 3 aromatic rings. The van der Waals surface area contributed by atoms with Crippen LogP contribution in [0.5, 0.6) is 0 Å². The number of H-pyrrole nitrogens is 1. The second-order valence-electron chi connectivity index (χ2n) is 4.94. The average molecular weight is 319 g/mol. The zero-order chi connectivity index (χ0) is 16.2. The first-order valence-corrected chi connectivity index (χ1v) is 7.03. The van der Waals surface area contributed by atoms with Crippen LogP contribution >= 0.6 is 0 Å². The zero-order valence-corrected chi connectivity index (χ0v) is 12.1. The van der Waals surface area contributed by atoms with Crippen LogP contribution in [0, 0.1) is 11.6 Å². The molecule has 6 nitrogen and oxygen atoms in total. The van der Waals surface area contributed by atoms with Gasteiger partial charge in [-0.2, -0.15) is 10.2 Å². The van der Waals surface area contributed by atoms with E-state index in [4.69, 9.17) is 5.11 Å². The van der Waals surface area contributed by atoms with E-state index in [2.05, 4.69) is 20.6 Å². The molecule has 1 aromatic carbocycles. The van der Waals surface area contributed by atoms with Crippen molar-refractivity contribution in [2.75, 3.05) is 11.9 Å². The zero-order valence-electron chi connectivity index (χ0n) is 12.1. The molecular formula is C15H15F2N5O. The number of hydrogen-bond acceptors (Lipinski definition) is 4. The van der Waals surface area contributed by atoms with Crippen molar-refractivity contribution in [2.24, 2.45) is 0 Å². The lowest BCUT2D eigenvalue weighted by Gasteiger charge is -2.07. The number of hydrogen-bond donors (Lipinski definition) is 3. The maximum atomic E-state index is 13.9. The summed E-state index contributed by atoms with van der Waals surface area (Å²) < 4.78 is 29.4. The molecule has 0 aliphatic rings. The van der Waals surface area contributed by atoms with Gasteiger partial charge in [-0.25, -0.2) is 8.78 Å². The van der Waals surface area contributed by atoms with Crippen LogP contribution in [0.4, 0.5) is 14.5 Å². The van der Waals surface area contributed by atoms with Crippen LogP contribution in [0.3, 0.4) is 0 Å². The summed E-state index contributed by atoms with van der Waals surface area (Å²) in [5, 5.41) is 22.5. The Morgan fingerprint density at radius 3 is 2.74 bits per heavy atom. The number of aromatic nitrogens is 4. The highest BCUT2D eigenvalue weighted by molar-refractivity contribution is 5.64. The molecule has 0 atom stereocenters. The predicted molar refractivity (Wildman–Crippen MR) is 80.6 cm³/mol. The minimum Gasteiger partial charge on any atom is -0.394 e. The molecule has 0 spiro atoms. The molecule has 8 heteroatoms. The number of benzene rings is 1. The molecule has 0 radical (unpaired) electrons. The molecule has 3 N–H and O–H groups in total. The quantitative estimate of drug-likeness (QED) is 0.650. The van der Waals surface area contributed by atoms with Crippen LogP contribution in [0.25, 0.3) is 11.3 Å². The normalized spacial score (nSPS) is 10.9. The van der Waals surface area contributed by atoms with Crippen molar-refractivity contribution >= 4 is 5.69 Å². The molecule has 0 aliphatic heterocycles. The van der Waals surface area contributed by atoms with E-state index in [1.807, 2.05) is 0 Å². The van der Waals surface area contributed by atoms with Crippen LogP contribution in [0.15, 0.2) is 36.8 Å². The highest BCUT2D eigenvalue weighted by atomic mass is 19.1. The fraction of sp³-hybridized carbons (Fsp3) is 0.200. The lowest BCUT2D eigenvalue weighted by atomic mass is 10.1. The number of aliphatic hydroxyl groups is 1. The van der Waals surface area contributed by atoms with Crippen LogP contribution < -0.4 is 5.32 Å². The third kappa shape index (κ3) is 3.21. The topological polar surface area (TPSA) is 78.8 Å². The molecule has 0 unspecified atom stereocenters. The molecule has 3 rings (SSSR count). The van der Waals surface area contributed by atoms with Crippen molar-refractivity contribution in [1.29, 1.82) is 0 Å². The highest BCUT2D eigenvalue weighted by Gasteiger charge is 2.16. The standard InChI is InChI=1S/C15H15F2N5O/c16-12-2-1-3-13(17)14(12)15-10(7-19-21-15)6-18-11-8-20-22(9-11)4-5-23/h1-3,7-9,18,23H,4-6H2,(H,19,21). The SMILES string of the molecule is OCCn1cc(NCc2cn[nH]c2-c2c(F)cccc2F)cn1. The number of nitrogens with one attached hydrogen (secondary N) is 2. The summed E-state index contributed by atoms with van der Waals surface area (Å²) in [5.74, 6) is -1.29. The Hall–Kier alpha value is -2.74. The minimum absolute atomic E-state index is 0.000437. The second-order valence-corrected chi connectivity index (χ2v) is 4.94. The van der Waals surface area contributed by atoms with Crippen molar-refractivity contribution in [3.05, 3.63) is 54.0 Å². The molecule has 0 saturated heterocycles. The number of aliphatic hydroxyl groups excluding tert-OH is 1. The van der Waals surface area contributed by atoms with Gasteiger partial charge < -0.3 is 10.4 Å². The van der Waals surface area contributed by atoms with Crippen LogP contribution in [0.2, 0.25) is 0 Å². The van der Waals surface area contributed by atoms with Gasteiger partial charge in [0.2, 0.25) is 0 Å². The first-order valence-electron chi connectivity index (χ1n) is 7.03. The number of rotatable bonds is 6. The van der Waals surface area contributed by atoms with Crippen LogP contribution in [-0.4, -0.2) is 31.7 Å². The monoisotopic (exact) mass is 319 g/mol. The molecule has 0 bridgehead atoms. The van der Waals surface area contributed by atoms with Gasteiger partial charge in [0.05, 0.1) is 42.5 Å². The first-order chi connectivity index (χ1) is 11.2. The Bertz CT molecular complexity index is 779. The van der Waals surface area contributed by atoms with Crippen molar-refractivity contribution in [1.82, 2.24) is 20.0 Å². The maximum Gasteiger partial charge on any atom is 0.135 e. The van der Waals surface area contributed by atoms with Crippen molar-refractivity contribution in [3.8, 4) is 11.3 Å². The van der Waals surface area contributed by atoms with E-state index in [1.165, 1.54) is 24.4 Å². The van der Waals surface area contributed by atoms with Gasteiger partial charge in [-0.05, 0) is 12.1 Å². The van der Waals surface area contributed by atoms with Crippen LogP contribution in [0.1, 0.15) is 5.56 Å². The van der Waals surface area contributed by atoms with Crippen molar-refractivity contribution < 1.29 is 13.9 Å². The summed E-state index contributed by atoms with van der Waals surface area (Å²) >= 11 is 0. The van der Waals surface area contributed by atoms with E-state index >= 15 is 0 Å². The molecular weight excluding hydrogens is 304 g/mol. The third-order valence-corrected chi connectivity index (χ3v) is 3.38. The number of nitrogens with zero attached hydrogens (tertiary/aromatic N) is 3. The summed E-state index contributed by atoms with van der Waals surface area (Å²) in [5.41, 5.74) is 1.54. The summed E-state index contributed by atoms with van der Waals surface area (Å²) in [6, 6.07) is 3.72. The molecule has 23 heavy (non-hydrogen) atoms. The summed E-state index contributed by atoms with van der Waals surface area (Å²) in [6.45, 7) is 0.725. The van der Waals surface area contributed by atoms with E-state index in [9.17, 15) is 8.78 Å². The Morgan fingerprint density at radius 2 is 2.00 bits per heavy atom. The fourth-order valence-electron chi connectivity index (χ4n) is 2.28. The second kappa shape index (κ2) is 6.57. The van der Waals surface area contributed by atoms with E-state index in [-0.39, 0.29) is 12.2 Å². The molecule has 120 valence electrons. The van der Waals surface area contributed by atoms with Gasteiger partial charge >= 0.3 is 0 Å². The van der Waals surface area contributed by atoms with Gasteiger partial charge in [0.25, 0.3) is 0 Å². The van der Waals surface area contributed by atoms with Crippen molar-refractivity contribution in [3.63, 3.8) is 0 Å². The van der Waals surface area contributed by atoms with E-state index in [0.717, 1.165) is 5.69 Å². The number of halogens is 2. The minimum atomic E-state index is -0.647. The van der Waals surface area contributed by atoms with Gasteiger partial charge in [-0.1, -0.05) is 6.07 Å². The van der Waals surface area contributed by atoms with E-state index in [1.54, 1.807) is 17.1 Å². The Labute approximate surface area is 130 Å². The van der Waals surface area contributed by atoms with Crippen molar-refractivity contribution in [2.45, 2.75) is 13.1 Å². The van der Waals surface area contributed by atoms with E-state index < -0.39 is 11.6 Å². The third-order valence-electron chi connectivity index (χ3n) is 3.38. The first kappa shape index (κ1) is 15.2. The maximum absolute atomic E-state index is 13.9. The molecule has 0 aliphatic carbocycles. The summed E-state index contributed by atoms with van der Waals surface area (Å²) in [6.07, 6.45) is 4.87. The number of aromatic amines is 1. The molecule has 2 heterocycles. The van der Waals surface area contributed by atoms with Gasteiger partial charge in [0, 0.05) is 18.3 Å². The Balaban J connectivity index is 1.78. The molecule has 0 saturated carbocycles. The smallest absolute Gasteiger partial charge is 0.135 e. The van der Waals surface area contributed by atoms with Gasteiger partial charge in [0.1, 0.15) is 11.6 Å². The lowest BCUT2D eigenvalue weighted by Crippen LogP contribution is -2.02. The molecule has 2 aromatic heterocycles. The lowest BCUT2D eigenvalue weighted by molar-refractivity contribution is 0.269. The molecule has 0 fully saturated rings. The largest absolute Gasteiger partial charge is 0.394 e. The summed E-state index contributed by atoms with van der Waals surface area (Å²) in [4.78, 5) is 0. The van der Waals surface area contributed by atoms with Crippen LogP contribution in [-0.2, 0) is 13.1 Å². The van der Waals surface area contributed by atoms with Gasteiger partial charge in [0.15, 0.2) is 0 Å².